The van der Waals surface area contributed by atoms with E-state index in [1.165, 1.54) is 5.56 Å². The van der Waals surface area contributed by atoms with E-state index in [0.717, 1.165) is 22.1 Å². The standard InChI is InChI=1S/C16H16N2OS/c1-12-2-7-15(18)16(10-12)20-9-8-19-14-5-3-13(11-17)4-6-14/h2-7,10H,8-9,18H2,1H3. The lowest BCUT2D eigenvalue weighted by Crippen LogP contribution is -2.00. The van der Waals surface area contributed by atoms with Crippen molar-refractivity contribution in [1.29, 1.82) is 5.26 Å². The monoisotopic (exact) mass is 284 g/mol. The van der Waals surface area contributed by atoms with Crippen molar-refractivity contribution in [2.24, 2.45) is 0 Å². The second kappa shape index (κ2) is 6.88. The molecule has 102 valence electrons. The molecule has 0 radical (unpaired) electrons. The number of hydrogen-bond acceptors (Lipinski definition) is 4. The molecule has 0 atom stereocenters. The van der Waals surface area contributed by atoms with Gasteiger partial charge in [-0.3, -0.25) is 0 Å². The van der Waals surface area contributed by atoms with Crippen LogP contribution in [0, 0.1) is 18.3 Å². The topological polar surface area (TPSA) is 59.0 Å². The van der Waals surface area contributed by atoms with E-state index in [-0.39, 0.29) is 0 Å². The molecule has 0 heterocycles. The molecule has 0 amide bonds. The summed E-state index contributed by atoms with van der Waals surface area (Å²) in [5.74, 6) is 1.61. The lowest BCUT2D eigenvalue weighted by Gasteiger charge is -2.08. The zero-order chi connectivity index (χ0) is 14.4. The van der Waals surface area contributed by atoms with Crippen LogP contribution in [0.2, 0.25) is 0 Å². The molecule has 0 aliphatic heterocycles. The molecule has 0 saturated carbocycles. The van der Waals surface area contributed by atoms with Crippen LogP contribution in [0.4, 0.5) is 5.69 Å². The fraction of sp³-hybridized carbons (Fsp3) is 0.188. The summed E-state index contributed by atoms with van der Waals surface area (Å²) in [5.41, 5.74) is 8.57. The Balaban J connectivity index is 1.81. The van der Waals surface area contributed by atoms with Gasteiger partial charge in [0.25, 0.3) is 0 Å². The van der Waals surface area contributed by atoms with Crippen LogP contribution in [0.15, 0.2) is 47.4 Å². The number of rotatable bonds is 5. The van der Waals surface area contributed by atoms with Gasteiger partial charge in [-0.2, -0.15) is 5.26 Å². The number of nitriles is 1. The molecular weight excluding hydrogens is 268 g/mol. The Labute approximate surface area is 123 Å². The van der Waals surface area contributed by atoms with Crippen molar-refractivity contribution in [2.45, 2.75) is 11.8 Å². The third-order valence-corrected chi connectivity index (χ3v) is 3.80. The van der Waals surface area contributed by atoms with E-state index in [9.17, 15) is 0 Å². The molecule has 2 aromatic carbocycles. The summed E-state index contributed by atoms with van der Waals surface area (Å²) < 4.78 is 5.63. The molecule has 0 saturated heterocycles. The van der Waals surface area contributed by atoms with Crippen molar-refractivity contribution in [2.75, 3.05) is 18.1 Å². The number of hydrogen-bond donors (Lipinski definition) is 1. The van der Waals surface area contributed by atoms with Gasteiger partial charge >= 0.3 is 0 Å². The first-order chi connectivity index (χ1) is 9.69. The third kappa shape index (κ3) is 3.94. The normalized spacial score (nSPS) is 10.0. The van der Waals surface area contributed by atoms with E-state index in [4.69, 9.17) is 15.7 Å². The summed E-state index contributed by atoms with van der Waals surface area (Å²) in [5, 5.41) is 8.71. The quantitative estimate of drug-likeness (QED) is 0.517. The van der Waals surface area contributed by atoms with Crippen LogP contribution < -0.4 is 10.5 Å². The second-order valence-electron chi connectivity index (χ2n) is 4.37. The van der Waals surface area contributed by atoms with Crippen LogP contribution in [-0.2, 0) is 0 Å². The van der Waals surface area contributed by atoms with Gasteiger partial charge in [-0.05, 0) is 48.9 Å². The number of benzene rings is 2. The number of thioether (sulfide) groups is 1. The number of aryl methyl sites for hydroxylation is 1. The van der Waals surface area contributed by atoms with Gasteiger partial charge in [0, 0.05) is 16.3 Å². The molecular formula is C16H16N2OS. The highest BCUT2D eigenvalue weighted by atomic mass is 32.2. The predicted octanol–water partition coefficient (Wildman–Crippen LogP) is 3.62. The Morgan fingerprint density at radius 1 is 1.20 bits per heavy atom. The molecule has 4 heteroatoms. The fourth-order valence-electron chi connectivity index (χ4n) is 1.70. The van der Waals surface area contributed by atoms with Crippen molar-refractivity contribution in [1.82, 2.24) is 0 Å². The molecule has 0 aliphatic rings. The average molecular weight is 284 g/mol. The molecule has 0 fully saturated rings. The van der Waals surface area contributed by atoms with Crippen molar-refractivity contribution < 1.29 is 4.74 Å². The van der Waals surface area contributed by atoms with Crippen LogP contribution in [0.25, 0.3) is 0 Å². The molecule has 0 bridgehead atoms. The smallest absolute Gasteiger partial charge is 0.119 e. The lowest BCUT2D eigenvalue weighted by atomic mass is 10.2. The van der Waals surface area contributed by atoms with E-state index in [1.54, 1.807) is 23.9 Å². The van der Waals surface area contributed by atoms with Gasteiger partial charge in [0.2, 0.25) is 0 Å². The van der Waals surface area contributed by atoms with Gasteiger partial charge in [0.1, 0.15) is 5.75 Å². The number of nitrogen functional groups attached to an aromatic ring is 1. The van der Waals surface area contributed by atoms with Gasteiger partial charge in [-0.15, -0.1) is 11.8 Å². The highest BCUT2D eigenvalue weighted by molar-refractivity contribution is 7.99. The third-order valence-electron chi connectivity index (χ3n) is 2.76. The molecule has 2 rings (SSSR count). The molecule has 0 unspecified atom stereocenters. The number of ether oxygens (including phenoxy) is 1. The Morgan fingerprint density at radius 3 is 2.65 bits per heavy atom. The maximum Gasteiger partial charge on any atom is 0.119 e. The molecule has 3 nitrogen and oxygen atoms in total. The molecule has 0 aliphatic carbocycles. The maximum absolute atomic E-state index is 8.71. The fourth-order valence-corrected chi connectivity index (χ4v) is 2.59. The van der Waals surface area contributed by atoms with Gasteiger partial charge in [0.15, 0.2) is 0 Å². The minimum atomic E-state index is 0.601. The first-order valence-corrected chi connectivity index (χ1v) is 7.29. The minimum Gasteiger partial charge on any atom is -0.493 e. The Bertz CT molecular complexity index is 617. The van der Waals surface area contributed by atoms with Gasteiger partial charge < -0.3 is 10.5 Å². The van der Waals surface area contributed by atoms with Crippen LogP contribution >= 0.6 is 11.8 Å². The highest BCUT2D eigenvalue weighted by Gasteiger charge is 2.01. The molecule has 0 aromatic heterocycles. The Morgan fingerprint density at radius 2 is 1.95 bits per heavy atom. The maximum atomic E-state index is 8.71. The summed E-state index contributed by atoms with van der Waals surface area (Å²) in [4.78, 5) is 1.09. The molecule has 2 aromatic rings. The first kappa shape index (κ1) is 14.3. The highest BCUT2D eigenvalue weighted by Crippen LogP contribution is 2.25. The van der Waals surface area contributed by atoms with E-state index < -0.39 is 0 Å². The zero-order valence-electron chi connectivity index (χ0n) is 11.3. The van der Waals surface area contributed by atoms with E-state index >= 15 is 0 Å². The summed E-state index contributed by atoms with van der Waals surface area (Å²) >= 11 is 1.69. The van der Waals surface area contributed by atoms with Gasteiger partial charge in [-0.25, -0.2) is 0 Å². The second-order valence-corrected chi connectivity index (χ2v) is 5.51. The summed E-state index contributed by atoms with van der Waals surface area (Å²) in [6.45, 7) is 2.65. The lowest BCUT2D eigenvalue weighted by molar-refractivity contribution is 0.344. The van der Waals surface area contributed by atoms with E-state index in [2.05, 4.69) is 19.1 Å². The Hall–Kier alpha value is -2.12. The van der Waals surface area contributed by atoms with Crippen molar-refractivity contribution >= 4 is 17.4 Å². The summed E-state index contributed by atoms with van der Waals surface area (Å²) in [7, 11) is 0. The van der Waals surface area contributed by atoms with Crippen LogP contribution in [-0.4, -0.2) is 12.4 Å². The van der Waals surface area contributed by atoms with Crippen molar-refractivity contribution in [3.63, 3.8) is 0 Å². The van der Waals surface area contributed by atoms with E-state index in [0.29, 0.717) is 12.2 Å². The molecule has 20 heavy (non-hydrogen) atoms. The summed E-state index contributed by atoms with van der Waals surface area (Å²) in [6, 6.07) is 15.2. The molecule has 0 spiro atoms. The van der Waals surface area contributed by atoms with Crippen LogP contribution in [0.3, 0.4) is 0 Å². The van der Waals surface area contributed by atoms with Crippen molar-refractivity contribution in [3.05, 3.63) is 53.6 Å². The number of nitrogens with zero attached hydrogens (tertiary/aromatic N) is 1. The Kier molecular flexibility index (Phi) is 4.91. The number of nitrogens with two attached hydrogens (primary N) is 1. The van der Waals surface area contributed by atoms with Crippen LogP contribution in [0.1, 0.15) is 11.1 Å². The molecule has 2 N–H and O–H groups in total. The predicted molar refractivity (Wildman–Crippen MR) is 83.0 cm³/mol. The van der Waals surface area contributed by atoms with Gasteiger partial charge in [-0.1, -0.05) is 6.07 Å². The summed E-state index contributed by atoms with van der Waals surface area (Å²) in [6.07, 6.45) is 0. The first-order valence-electron chi connectivity index (χ1n) is 6.31. The largest absolute Gasteiger partial charge is 0.493 e. The van der Waals surface area contributed by atoms with Crippen LogP contribution in [0.5, 0.6) is 5.75 Å². The van der Waals surface area contributed by atoms with E-state index in [1.807, 2.05) is 24.3 Å². The number of anilines is 1. The SMILES string of the molecule is Cc1ccc(N)c(SCCOc2ccc(C#N)cc2)c1. The van der Waals surface area contributed by atoms with Crippen molar-refractivity contribution in [3.8, 4) is 11.8 Å². The average Bonchev–Trinajstić information content (AvgIpc) is 2.47. The van der Waals surface area contributed by atoms with Gasteiger partial charge in [0.05, 0.1) is 18.2 Å². The zero-order valence-corrected chi connectivity index (χ0v) is 12.1. The minimum absolute atomic E-state index is 0.601.